The van der Waals surface area contributed by atoms with E-state index in [1.54, 1.807) is 0 Å². The summed E-state index contributed by atoms with van der Waals surface area (Å²) in [6, 6.07) is 7.64. The van der Waals surface area contributed by atoms with Crippen LogP contribution in [0.2, 0.25) is 0 Å². The molecule has 0 radical (unpaired) electrons. The lowest BCUT2D eigenvalue weighted by molar-refractivity contribution is -0.126. The van der Waals surface area contributed by atoms with Crippen LogP contribution in [-0.4, -0.2) is 43.0 Å². The van der Waals surface area contributed by atoms with Crippen LogP contribution >= 0.6 is 0 Å². The van der Waals surface area contributed by atoms with Crippen molar-refractivity contribution in [2.45, 2.75) is 49.6 Å². The van der Waals surface area contributed by atoms with Crippen LogP contribution in [0.25, 0.3) is 0 Å². The number of pyridine rings is 1. The van der Waals surface area contributed by atoms with E-state index >= 15 is 0 Å². The number of amides is 2. The van der Waals surface area contributed by atoms with Gasteiger partial charge in [-0.1, -0.05) is 12.1 Å². The molecule has 166 valence electrons. The Kier molecular flexibility index (Phi) is 7.11. The van der Waals surface area contributed by atoms with Gasteiger partial charge in [0.2, 0.25) is 5.91 Å². The summed E-state index contributed by atoms with van der Waals surface area (Å²) in [4.78, 5) is 30.9. The summed E-state index contributed by atoms with van der Waals surface area (Å²) in [5, 5.41) is 2.73. The van der Waals surface area contributed by atoms with E-state index in [1.807, 2.05) is 0 Å². The average Bonchev–Trinajstić information content (AvgIpc) is 2.76. The van der Waals surface area contributed by atoms with E-state index in [2.05, 4.69) is 10.3 Å². The first-order valence-electron chi connectivity index (χ1n) is 9.78. The summed E-state index contributed by atoms with van der Waals surface area (Å²) >= 11 is -2.46. The second-order valence-corrected chi connectivity index (χ2v) is 8.37. The third-order valence-corrected chi connectivity index (χ3v) is 5.72. The van der Waals surface area contributed by atoms with Crippen LogP contribution in [0.1, 0.15) is 47.8 Å². The Morgan fingerprint density at radius 2 is 2.06 bits per heavy atom. The minimum atomic E-state index is -3.04. The summed E-state index contributed by atoms with van der Waals surface area (Å²) < 4.78 is 48.9. The Morgan fingerprint density at radius 1 is 1.29 bits per heavy atom. The number of nitrogens with one attached hydrogen (secondary N) is 1. The third-order valence-electron chi connectivity index (χ3n) is 5.08. The van der Waals surface area contributed by atoms with E-state index in [0.717, 1.165) is 19.8 Å². The Balaban J connectivity index is 1.68. The smallest absolute Gasteiger partial charge is 0.286 e. The molecule has 1 fully saturated rings. The molecule has 2 heterocycles. The zero-order valence-electron chi connectivity index (χ0n) is 16.8. The molecule has 1 aliphatic rings. The van der Waals surface area contributed by atoms with Crippen molar-refractivity contribution in [3.63, 3.8) is 0 Å². The highest BCUT2D eigenvalue weighted by atomic mass is 32.2. The molecule has 2 atom stereocenters. The number of halogens is 2. The Bertz CT molecular complexity index is 979. The third kappa shape index (κ3) is 5.71. The zero-order chi connectivity index (χ0) is 22.6. The number of likely N-dealkylation sites (tertiary alicyclic amines) is 1. The van der Waals surface area contributed by atoms with Gasteiger partial charge in [-0.25, -0.2) is 0 Å². The van der Waals surface area contributed by atoms with E-state index < -0.39 is 29.0 Å². The van der Waals surface area contributed by atoms with Gasteiger partial charge < -0.3 is 14.8 Å². The normalized spacial score (nSPS) is 17.8. The zero-order valence-corrected chi connectivity index (χ0v) is 17.7. The molecule has 1 saturated heterocycles. The quantitative estimate of drug-likeness (QED) is 0.682. The average molecular weight is 450 g/mol. The second-order valence-electron chi connectivity index (χ2n) is 7.43. The van der Waals surface area contributed by atoms with Gasteiger partial charge in [0.15, 0.2) is 0 Å². The molecule has 2 amide bonds. The van der Waals surface area contributed by atoms with Crippen molar-refractivity contribution < 1.29 is 27.1 Å². The van der Waals surface area contributed by atoms with Crippen LogP contribution in [0.3, 0.4) is 0 Å². The maximum atomic E-state index is 13.3. The number of hydrogen-bond donors (Lipinski definition) is 1. The van der Waals surface area contributed by atoms with Crippen molar-refractivity contribution in [1.29, 1.82) is 0 Å². The number of piperidine rings is 1. The van der Waals surface area contributed by atoms with Crippen molar-refractivity contribution in [3.05, 3.63) is 59.4 Å². The van der Waals surface area contributed by atoms with Crippen molar-refractivity contribution >= 4 is 22.9 Å². The number of alkyl halides is 2. The molecule has 1 aromatic heterocycles. The lowest BCUT2D eigenvalue weighted by Gasteiger charge is -2.35. The molecule has 1 aliphatic heterocycles. The van der Waals surface area contributed by atoms with Crippen molar-refractivity contribution in [2.24, 2.45) is 0 Å². The number of rotatable bonds is 6. The standard InChI is InChI=1S/C21H23F2N3O4S/c1-21(22,23)18-9-8-14(12-24-18)13-25-19(27)17-7-2-3-10-26(17)20(28)15-5-4-6-16(11-15)31(29)30/h4-6,8-9,11-12,17H,2-3,7,10,13H2,1H3,(H,25,27)(H,29,30)/p-1/t17-/m1/s1. The Hall–Kier alpha value is -2.72. The topological polar surface area (TPSA) is 102 Å². The number of carbonyl (C=O) groups is 2. The number of nitrogens with zero attached hydrogens (tertiary/aromatic N) is 2. The predicted octanol–water partition coefficient (Wildman–Crippen LogP) is 2.74. The highest BCUT2D eigenvalue weighted by Crippen LogP contribution is 2.25. The van der Waals surface area contributed by atoms with Crippen molar-refractivity contribution in [3.8, 4) is 0 Å². The first-order valence-corrected chi connectivity index (χ1v) is 10.9. The number of carbonyl (C=O) groups excluding carboxylic acids is 2. The van der Waals surface area contributed by atoms with Gasteiger partial charge in [-0.15, -0.1) is 0 Å². The van der Waals surface area contributed by atoms with Crippen LogP contribution in [0, 0.1) is 0 Å². The van der Waals surface area contributed by atoms with Gasteiger partial charge in [-0.3, -0.25) is 18.8 Å². The fourth-order valence-corrected chi connectivity index (χ4v) is 3.85. The highest BCUT2D eigenvalue weighted by molar-refractivity contribution is 7.79. The molecule has 0 bridgehead atoms. The molecule has 0 aliphatic carbocycles. The van der Waals surface area contributed by atoms with Crippen molar-refractivity contribution in [1.82, 2.24) is 15.2 Å². The molecule has 7 nitrogen and oxygen atoms in total. The lowest BCUT2D eigenvalue weighted by atomic mass is 10.00. The number of benzene rings is 1. The van der Waals surface area contributed by atoms with E-state index in [9.17, 15) is 27.1 Å². The van der Waals surface area contributed by atoms with E-state index in [0.29, 0.717) is 18.5 Å². The summed E-state index contributed by atoms with van der Waals surface area (Å²) in [5.74, 6) is -3.81. The minimum Gasteiger partial charge on any atom is -0.768 e. The molecule has 10 heteroatoms. The second kappa shape index (κ2) is 9.61. The molecular formula is C21H22F2N3O4S-. The fourth-order valence-electron chi connectivity index (χ4n) is 3.44. The molecule has 1 unspecified atom stereocenters. The van der Waals surface area contributed by atoms with Gasteiger partial charge in [-0.2, -0.15) is 8.78 Å². The fraction of sp³-hybridized carbons (Fsp3) is 0.381. The van der Waals surface area contributed by atoms with Crippen molar-refractivity contribution in [2.75, 3.05) is 6.54 Å². The highest BCUT2D eigenvalue weighted by Gasteiger charge is 2.32. The van der Waals surface area contributed by atoms with Gasteiger partial charge in [0.25, 0.3) is 11.8 Å². The first-order chi connectivity index (χ1) is 14.7. The summed E-state index contributed by atoms with van der Waals surface area (Å²) in [6.07, 6.45) is 3.27. The van der Waals surface area contributed by atoms with Crippen LogP contribution in [0.15, 0.2) is 47.5 Å². The molecule has 31 heavy (non-hydrogen) atoms. The number of aromatic nitrogens is 1. The molecule has 1 N–H and O–H groups in total. The molecule has 2 aromatic rings. The van der Waals surface area contributed by atoms with Gasteiger partial charge in [-0.05, 0) is 60.2 Å². The Morgan fingerprint density at radius 3 is 2.71 bits per heavy atom. The molecular weight excluding hydrogens is 428 g/mol. The molecule has 0 saturated carbocycles. The van der Waals surface area contributed by atoms with E-state index in [1.165, 1.54) is 47.5 Å². The van der Waals surface area contributed by atoms with Crippen LogP contribution < -0.4 is 5.32 Å². The summed E-state index contributed by atoms with van der Waals surface area (Å²) in [7, 11) is 0. The lowest BCUT2D eigenvalue weighted by Crippen LogP contribution is -2.51. The Labute approximate surface area is 181 Å². The SMILES string of the molecule is CC(F)(F)c1ccc(CNC(=O)[C@H]2CCCCN2C(=O)c2cccc(S(=O)[O-])c2)cn1. The molecule has 1 aromatic carbocycles. The maximum absolute atomic E-state index is 13.3. The van der Waals surface area contributed by atoms with Crippen LogP contribution in [-0.2, 0) is 28.3 Å². The number of hydrogen-bond acceptors (Lipinski definition) is 5. The van der Waals surface area contributed by atoms with Gasteiger partial charge in [0, 0.05) is 36.7 Å². The van der Waals surface area contributed by atoms with Crippen LogP contribution in [0.5, 0.6) is 0 Å². The summed E-state index contributed by atoms with van der Waals surface area (Å²) in [5.41, 5.74) is 0.398. The molecule has 3 rings (SSSR count). The first kappa shape index (κ1) is 23.0. The largest absolute Gasteiger partial charge is 0.768 e. The van der Waals surface area contributed by atoms with E-state index in [4.69, 9.17) is 0 Å². The maximum Gasteiger partial charge on any atom is 0.286 e. The van der Waals surface area contributed by atoms with Gasteiger partial charge in [0.05, 0.1) is 0 Å². The van der Waals surface area contributed by atoms with Gasteiger partial charge >= 0.3 is 0 Å². The summed E-state index contributed by atoms with van der Waals surface area (Å²) in [6.45, 7) is 1.23. The van der Waals surface area contributed by atoms with Crippen LogP contribution in [0.4, 0.5) is 8.78 Å². The van der Waals surface area contributed by atoms with Gasteiger partial charge in [0.1, 0.15) is 11.7 Å². The monoisotopic (exact) mass is 450 g/mol. The minimum absolute atomic E-state index is 0.00235. The predicted molar refractivity (Wildman–Crippen MR) is 108 cm³/mol. The molecule has 0 spiro atoms. The van der Waals surface area contributed by atoms with E-state index in [-0.39, 0.29) is 28.6 Å².